The minimum atomic E-state index is -0.0781. The number of rotatable bonds is 4. The second-order valence-corrected chi connectivity index (χ2v) is 4.92. The number of morpholine rings is 1. The molecule has 1 amide bonds. The van der Waals surface area contributed by atoms with E-state index < -0.39 is 0 Å². The molecule has 2 heterocycles. The van der Waals surface area contributed by atoms with E-state index in [-0.39, 0.29) is 12.3 Å². The molecule has 1 N–H and O–H groups in total. The predicted octanol–water partition coefficient (Wildman–Crippen LogP) is 2.30. The van der Waals surface area contributed by atoms with Gasteiger partial charge in [-0.25, -0.2) is 0 Å². The molecule has 5 nitrogen and oxygen atoms in total. The minimum Gasteiger partial charge on any atom is -0.469 e. The number of para-hydroxylation sites is 2. The molecule has 110 valence electrons. The summed E-state index contributed by atoms with van der Waals surface area (Å²) in [4.78, 5) is 14.3. The Kier molecular flexibility index (Phi) is 4.21. The van der Waals surface area contributed by atoms with Crippen LogP contribution in [0.25, 0.3) is 0 Å². The van der Waals surface area contributed by atoms with Crippen LogP contribution in [0.4, 0.5) is 11.4 Å². The Balaban J connectivity index is 1.71. The number of amides is 1. The average molecular weight is 286 g/mol. The molecule has 0 spiro atoms. The molecule has 0 atom stereocenters. The van der Waals surface area contributed by atoms with Crippen LogP contribution in [0.15, 0.2) is 47.1 Å². The SMILES string of the molecule is O=C(Cc1ccco1)Nc1ccccc1N1CCOCC1. The first-order chi connectivity index (χ1) is 10.3. The van der Waals surface area contributed by atoms with Gasteiger partial charge in [-0.15, -0.1) is 0 Å². The van der Waals surface area contributed by atoms with Crippen LogP contribution in [0.3, 0.4) is 0 Å². The van der Waals surface area contributed by atoms with E-state index in [1.807, 2.05) is 24.3 Å². The molecule has 0 saturated carbocycles. The van der Waals surface area contributed by atoms with Gasteiger partial charge >= 0.3 is 0 Å². The van der Waals surface area contributed by atoms with Crippen LogP contribution in [0, 0.1) is 0 Å². The summed E-state index contributed by atoms with van der Waals surface area (Å²) in [6, 6.07) is 11.4. The van der Waals surface area contributed by atoms with E-state index in [0.717, 1.165) is 24.5 Å². The first kappa shape index (κ1) is 13.7. The van der Waals surface area contributed by atoms with Gasteiger partial charge in [-0.3, -0.25) is 4.79 Å². The van der Waals surface area contributed by atoms with E-state index in [9.17, 15) is 4.79 Å². The van der Waals surface area contributed by atoms with Crippen molar-refractivity contribution in [2.75, 3.05) is 36.5 Å². The molecule has 21 heavy (non-hydrogen) atoms. The third kappa shape index (κ3) is 3.44. The van der Waals surface area contributed by atoms with Crippen molar-refractivity contribution >= 4 is 17.3 Å². The zero-order valence-electron chi connectivity index (χ0n) is 11.7. The van der Waals surface area contributed by atoms with Gasteiger partial charge in [0.25, 0.3) is 0 Å². The molecule has 1 aliphatic heterocycles. The Labute approximate surface area is 123 Å². The van der Waals surface area contributed by atoms with Crippen molar-refractivity contribution < 1.29 is 13.9 Å². The fourth-order valence-electron chi connectivity index (χ4n) is 2.43. The molecule has 1 fully saturated rings. The quantitative estimate of drug-likeness (QED) is 0.937. The maximum atomic E-state index is 12.1. The lowest BCUT2D eigenvalue weighted by Crippen LogP contribution is -2.36. The standard InChI is InChI=1S/C16H18N2O3/c19-16(12-13-4-3-9-21-13)17-14-5-1-2-6-15(14)18-7-10-20-11-8-18/h1-6,9H,7-8,10-12H2,(H,17,19). The first-order valence-corrected chi connectivity index (χ1v) is 7.07. The van der Waals surface area contributed by atoms with Gasteiger partial charge in [-0.1, -0.05) is 12.1 Å². The number of carbonyl (C=O) groups is 1. The summed E-state index contributed by atoms with van der Waals surface area (Å²) in [5.74, 6) is 0.585. The molecule has 1 aliphatic rings. The molecule has 1 aromatic carbocycles. The molecule has 3 rings (SSSR count). The van der Waals surface area contributed by atoms with Crippen LogP contribution >= 0.6 is 0 Å². The van der Waals surface area contributed by atoms with Crippen molar-refractivity contribution in [1.29, 1.82) is 0 Å². The lowest BCUT2D eigenvalue weighted by Gasteiger charge is -2.30. The monoisotopic (exact) mass is 286 g/mol. The number of hydrogen-bond acceptors (Lipinski definition) is 4. The summed E-state index contributed by atoms with van der Waals surface area (Å²) in [6.07, 6.45) is 1.81. The Hall–Kier alpha value is -2.27. The molecule has 0 unspecified atom stereocenters. The molecule has 0 radical (unpaired) electrons. The van der Waals surface area contributed by atoms with Gasteiger partial charge in [0.05, 0.1) is 37.3 Å². The molecule has 5 heteroatoms. The van der Waals surface area contributed by atoms with Crippen LogP contribution in [-0.4, -0.2) is 32.2 Å². The number of nitrogens with one attached hydrogen (secondary N) is 1. The summed E-state index contributed by atoms with van der Waals surface area (Å²) in [5, 5.41) is 2.96. The third-order valence-electron chi connectivity index (χ3n) is 3.44. The van der Waals surface area contributed by atoms with Crippen molar-refractivity contribution in [3.8, 4) is 0 Å². The number of carbonyl (C=O) groups excluding carboxylic acids is 1. The largest absolute Gasteiger partial charge is 0.469 e. The molecule has 2 aromatic rings. The molecular weight excluding hydrogens is 268 g/mol. The maximum Gasteiger partial charge on any atom is 0.232 e. The van der Waals surface area contributed by atoms with Gasteiger partial charge in [-0.2, -0.15) is 0 Å². The minimum absolute atomic E-state index is 0.0781. The van der Waals surface area contributed by atoms with Gasteiger partial charge in [-0.05, 0) is 24.3 Å². The van der Waals surface area contributed by atoms with E-state index in [1.54, 1.807) is 18.4 Å². The molecule has 1 saturated heterocycles. The molecular formula is C16H18N2O3. The summed E-state index contributed by atoms with van der Waals surface area (Å²) in [5.41, 5.74) is 1.87. The molecule has 0 aliphatic carbocycles. The number of benzene rings is 1. The highest BCUT2D eigenvalue weighted by Gasteiger charge is 2.16. The molecule has 1 aromatic heterocycles. The smallest absolute Gasteiger partial charge is 0.232 e. The lowest BCUT2D eigenvalue weighted by molar-refractivity contribution is -0.115. The number of anilines is 2. The van der Waals surface area contributed by atoms with E-state index in [2.05, 4.69) is 10.2 Å². The van der Waals surface area contributed by atoms with Crippen LogP contribution < -0.4 is 10.2 Å². The highest BCUT2D eigenvalue weighted by molar-refractivity contribution is 5.95. The second-order valence-electron chi connectivity index (χ2n) is 4.92. The zero-order valence-corrected chi connectivity index (χ0v) is 11.7. The number of nitrogens with zero attached hydrogens (tertiary/aromatic N) is 1. The van der Waals surface area contributed by atoms with E-state index in [4.69, 9.17) is 9.15 Å². The summed E-state index contributed by atoms with van der Waals surface area (Å²) >= 11 is 0. The van der Waals surface area contributed by atoms with E-state index >= 15 is 0 Å². The zero-order chi connectivity index (χ0) is 14.5. The van der Waals surface area contributed by atoms with Crippen molar-refractivity contribution in [3.63, 3.8) is 0 Å². The lowest BCUT2D eigenvalue weighted by atomic mass is 10.2. The van der Waals surface area contributed by atoms with Crippen LogP contribution in [0.2, 0.25) is 0 Å². The van der Waals surface area contributed by atoms with Crippen LogP contribution in [0.5, 0.6) is 0 Å². The number of ether oxygens (including phenoxy) is 1. The Bertz CT molecular complexity index is 589. The highest BCUT2D eigenvalue weighted by atomic mass is 16.5. The normalized spacial score (nSPS) is 15.0. The maximum absolute atomic E-state index is 12.1. The fraction of sp³-hybridized carbons (Fsp3) is 0.312. The van der Waals surface area contributed by atoms with Crippen LogP contribution in [-0.2, 0) is 16.0 Å². The van der Waals surface area contributed by atoms with Gasteiger partial charge in [0, 0.05) is 13.1 Å². The number of hydrogen-bond donors (Lipinski definition) is 1. The van der Waals surface area contributed by atoms with Gasteiger partial charge in [0.2, 0.25) is 5.91 Å². The predicted molar refractivity (Wildman–Crippen MR) is 80.5 cm³/mol. The highest BCUT2D eigenvalue weighted by Crippen LogP contribution is 2.26. The Morgan fingerprint density at radius 3 is 2.71 bits per heavy atom. The fourth-order valence-corrected chi connectivity index (χ4v) is 2.43. The van der Waals surface area contributed by atoms with Crippen molar-refractivity contribution in [1.82, 2.24) is 0 Å². The Morgan fingerprint density at radius 1 is 1.14 bits per heavy atom. The van der Waals surface area contributed by atoms with E-state index in [1.165, 1.54) is 0 Å². The van der Waals surface area contributed by atoms with Crippen molar-refractivity contribution in [2.24, 2.45) is 0 Å². The third-order valence-corrected chi connectivity index (χ3v) is 3.44. The first-order valence-electron chi connectivity index (χ1n) is 7.07. The second kappa shape index (κ2) is 6.45. The molecule has 0 bridgehead atoms. The average Bonchev–Trinajstić information content (AvgIpc) is 3.01. The summed E-state index contributed by atoms with van der Waals surface area (Å²) < 4.78 is 10.6. The van der Waals surface area contributed by atoms with Crippen molar-refractivity contribution in [3.05, 3.63) is 48.4 Å². The van der Waals surface area contributed by atoms with Gasteiger partial charge in [0.1, 0.15) is 5.76 Å². The summed E-state index contributed by atoms with van der Waals surface area (Å²) in [7, 11) is 0. The van der Waals surface area contributed by atoms with Crippen molar-refractivity contribution in [2.45, 2.75) is 6.42 Å². The Morgan fingerprint density at radius 2 is 1.95 bits per heavy atom. The summed E-state index contributed by atoms with van der Waals surface area (Å²) in [6.45, 7) is 3.11. The van der Waals surface area contributed by atoms with E-state index in [0.29, 0.717) is 19.0 Å². The number of furan rings is 1. The van der Waals surface area contributed by atoms with Gasteiger partial charge in [0.15, 0.2) is 0 Å². The van der Waals surface area contributed by atoms with Gasteiger partial charge < -0.3 is 19.4 Å². The topological polar surface area (TPSA) is 54.7 Å². The van der Waals surface area contributed by atoms with Crippen LogP contribution in [0.1, 0.15) is 5.76 Å².